The predicted octanol–water partition coefficient (Wildman–Crippen LogP) is 0.842. The highest BCUT2D eigenvalue weighted by Gasteiger charge is 2.40. The van der Waals surface area contributed by atoms with Crippen LogP contribution in [0.25, 0.3) is 0 Å². The number of carbonyl (C=O) groups excluding carboxylic acids is 1. The van der Waals surface area contributed by atoms with E-state index in [1.165, 1.54) is 38.5 Å². The summed E-state index contributed by atoms with van der Waals surface area (Å²) in [5, 5.41) is 0. The van der Waals surface area contributed by atoms with Crippen molar-refractivity contribution in [2.45, 2.75) is 5.41 Å². The van der Waals surface area contributed by atoms with Crippen LogP contribution >= 0.6 is 0 Å². The molecule has 0 aliphatic rings. The van der Waals surface area contributed by atoms with Crippen molar-refractivity contribution in [1.29, 1.82) is 0 Å². The molecule has 1 aromatic carbocycles. The van der Waals surface area contributed by atoms with E-state index >= 15 is 0 Å². The Balaban J connectivity index is 3.20. The van der Waals surface area contributed by atoms with E-state index in [2.05, 4.69) is 0 Å². The van der Waals surface area contributed by atoms with Crippen LogP contribution in [0, 0.1) is 5.82 Å². The second kappa shape index (κ2) is 5.75. The van der Waals surface area contributed by atoms with Crippen LogP contribution in [0.4, 0.5) is 4.39 Å². The molecule has 94 valence electrons. The van der Waals surface area contributed by atoms with Crippen molar-refractivity contribution < 1.29 is 18.7 Å². The van der Waals surface area contributed by atoms with Gasteiger partial charge in [0.05, 0.1) is 13.7 Å². The van der Waals surface area contributed by atoms with Gasteiger partial charge in [-0.2, -0.15) is 0 Å². The summed E-state index contributed by atoms with van der Waals surface area (Å²) in [5.41, 5.74) is 5.16. The van der Waals surface area contributed by atoms with E-state index in [-0.39, 0.29) is 19.0 Å². The number of methoxy groups -OCH3 is 2. The number of hydrogen-bond acceptors (Lipinski definition) is 4. The maximum absolute atomic E-state index is 12.9. The monoisotopic (exact) mass is 241 g/mol. The van der Waals surface area contributed by atoms with Crippen molar-refractivity contribution in [3.63, 3.8) is 0 Å². The average molecular weight is 241 g/mol. The Bertz CT molecular complexity index is 380. The second-order valence-electron chi connectivity index (χ2n) is 3.72. The number of halogens is 1. The summed E-state index contributed by atoms with van der Waals surface area (Å²) in [6.07, 6.45) is 0. The third kappa shape index (κ3) is 2.62. The second-order valence-corrected chi connectivity index (χ2v) is 3.72. The fraction of sp³-hybridized carbons (Fsp3) is 0.417. The minimum atomic E-state index is -1.09. The molecule has 0 bridgehead atoms. The summed E-state index contributed by atoms with van der Waals surface area (Å²) < 4.78 is 22.7. The van der Waals surface area contributed by atoms with Gasteiger partial charge in [0, 0.05) is 13.7 Å². The molecule has 0 spiro atoms. The van der Waals surface area contributed by atoms with Crippen LogP contribution in [0.15, 0.2) is 24.3 Å². The summed E-state index contributed by atoms with van der Waals surface area (Å²) in [6, 6.07) is 5.58. The molecule has 1 aromatic rings. The Morgan fingerprint density at radius 1 is 1.35 bits per heavy atom. The molecule has 0 amide bonds. The van der Waals surface area contributed by atoms with Crippen molar-refractivity contribution in [1.82, 2.24) is 0 Å². The van der Waals surface area contributed by atoms with E-state index in [4.69, 9.17) is 15.2 Å². The molecule has 0 saturated carbocycles. The smallest absolute Gasteiger partial charge is 0.319 e. The molecule has 1 unspecified atom stereocenters. The van der Waals surface area contributed by atoms with Gasteiger partial charge in [-0.1, -0.05) is 12.1 Å². The third-order valence-corrected chi connectivity index (χ3v) is 2.71. The standard InChI is InChI=1S/C12H16FNO3/c1-16-8-12(7-14,11(15)17-2)9-3-5-10(13)6-4-9/h3-6H,7-8,14H2,1-2H3. The SMILES string of the molecule is COCC(CN)(C(=O)OC)c1ccc(F)cc1. The Labute approximate surface area is 99.5 Å². The van der Waals surface area contributed by atoms with Gasteiger partial charge in [-0.25, -0.2) is 4.39 Å². The Hall–Kier alpha value is -1.46. The quantitative estimate of drug-likeness (QED) is 0.776. The van der Waals surface area contributed by atoms with Gasteiger partial charge in [0.2, 0.25) is 0 Å². The van der Waals surface area contributed by atoms with Crippen LogP contribution in [-0.4, -0.2) is 33.3 Å². The number of nitrogens with two attached hydrogens (primary N) is 1. The zero-order valence-corrected chi connectivity index (χ0v) is 9.90. The fourth-order valence-corrected chi connectivity index (χ4v) is 1.73. The lowest BCUT2D eigenvalue weighted by Crippen LogP contribution is -2.47. The minimum absolute atomic E-state index is 0.0269. The highest BCUT2D eigenvalue weighted by molar-refractivity contribution is 5.83. The summed E-state index contributed by atoms with van der Waals surface area (Å²) in [5.74, 6) is -0.865. The van der Waals surface area contributed by atoms with Crippen molar-refractivity contribution in [2.75, 3.05) is 27.4 Å². The van der Waals surface area contributed by atoms with E-state index in [1.54, 1.807) is 0 Å². The van der Waals surface area contributed by atoms with Gasteiger partial charge in [-0.05, 0) is 17.7 Å². The van der Waals surface area contributed by atoms with Crippen LogP contribution in [-0.2, 0) is 19.7 Å². The maximum atomic E-state index is 12.9. The molecular formula is C12H16FNO3. The first kappa shape index (κ1) is 13.6. The Morgan fingerprint density at radius 3 is 2.35 bits per heavy atom. The first-order valence-electron chi connectivity index (χ1n) is 5.14. The molecule has 0 aliphatic heterocycles. The van der Waals surface area contributed by atoms with Gasteiger partial charge in [0.1, 0.15) is 11.2 Å². The summed E-state index contributed by atoms with van der Waals surface area (Å²) in [7, 11) is 2.75. The number of ether oxygens (including phenoxy) is 2. The van der Waals surface area contributed by atoms with Gasteiger partial charge < -0.3 is 15.2 Å². The number of carbonyl (C=O) groups is 1. The lowest BCUT2D eigenvalue weighted by molar-refractivity contribution is -0.149. The molecule has 0 heterocycles. The van der Waals surface area contributed by atoms with Crippen molar-refractivity contribution in [3.05, 3.63) is 35.6 Å². The largest absolute Gasteiger partial charge is 0.468 e. The highest BCUT2D eigenvalue weighted by atomic mass is 19.1. The van der Waals surface area contributed by atoms with Gasteiger partial charge in [-0.15, -0.1) is 0 Å². The summed E-state index contributed by atoms with van der Waals surface area (Å²) >= 11 is 0. The summed E-state index contributed by atoms with van der Waals surface area (Å²) in [4.78, 5) is 11.9. The van der Waals surface area contributed by atoms with Crippen molar-refractivity contribution in [2.24, 2.45) is 5.73 Å². The van der Waals surface area contributed by atoms with Crippen LogP contribution in [0.2, 0.25) is 0 Å². The molecule has 17 heavy (non-hydrogen) atoms. The van der Waals surface area contributed by atoms with Gasteiger partial charge in [0.15, 0.2) is 0 Å². The van der Waals surface area contributed by atoms with Gasteiger partial charge in [0.25, 0.3) is 0 Å². The van der Waals surface area contributed by atoms with E-state index < -0.39 is 11.4 Å². The van der Waals surface area contributed by atoms with E-state index in [0.29, 0.717) is 5.56 Å². The molecule has 0 aromatic heterocycles. The molecule has 1 atom stereocenters. The van der Waals surface area contributed by atoms with Crippen molar-refractivity contribution in [3.8, 4) is 0 Å². The first-order valence-corrected chi connectivity index (χ1v) is 5.14. The lowest BCUT2D eigenvalue weighted by Gasteiger charge is -2.29. The Morgan fingerprint density at radius 2 is 1.94 bits per heavy atom. The van der Waals surface area contributed by atoms with E-state index in [9.17, 15) is 9.18 Å². The van der Waals surface area contributed by atoms with Gasteiger partial charge >= 0.3 is 5.97 Å². The Kier molecular flexibility index (Phi) is 4.60. The number of benzene rings is 1. The molecular weight excluding hydrogens is 225 g/mol. The van der Waals surface area contributed by atoms with Crippen LogP contribution < -0.4 is 5.73 Å². The average Bonchev–Trinajstić information content (AvgIpc) is 2.36. The molecule has 1 rings (SSSR count). The molecule has 0 saturated heterocycles. The van der Waals surface area contributed by atoms with E-state index in [0.717, 1.165) is 0 Å². The molecule has 0 fully saturated rings. The maximum Gasteiger partial charge on any atom is 0.319 e. The van der Waals surface area contributed by atoms with Crippen LogP contribution in [0.1, 0.15) is 5.56 Å². The molecule has 2 N–H and O–H groups in total. The summed E-state index contributed by atoms with van der Waals surface area (Å²) in [6.45, 7) is 0.112. The molecule has 0 aliphatic carbocycles. The zero-order chi connectivity index (χ0) is 12.9. The molecule has 5 heteroatoms. The topological polar surface area (TPSA) is 61.5 Å². The van der Waals surface area contributed by atoms with E-state index in [1.807, 2.05) is 0 Å². The van der Waals surface area contributed by atoms with Gasteiger partial charge in [-0.3, -0.25) is 4.79 Å². The number of esters is 1. The minimum Gasteiger partial charge on any atom is -0.468 e. The molecule has 0 radical (unpaired) electrons. The normalized spacial score (nSPS) is 14.1. The third-order valence-electron chi connectivity index (χ3n) is 2.71. The molecule has 4 nitrogen and oxygen atoms in total. The predicted molar refractivity (Wildman–Crippen MR) is 61.0 cm³/mol. The van der Waals surface area contributed by atoms with Crippen molar-refractivity contribution >= 4 is 5.97 Å². The van der Waals surface area contributed by atoms with Crippen LogP contribution in [0.5, 0.6) is 0 Å². The lowest BCUT2D eigenvalue weighted by atomic mass is 9.81. The number of hydrogen-bond donors (Lipinski definition) is 1. The first-order chi connectivity index (χ1) is 8.10. The highest BCUT2D eigenvalue weighted by Crippen LogP contribution is 2.25. The zero-order valence-electron chi connectivity index (χ0n) is 9.90. The number of rotatable bonds is 5. The fourth-order valence-electron chi connectivity index (χ4n) is 1.73. The van der Waals surface area contributed by atoms with Crippen LogP contribution in [0.3, 0.4) is 0 Å².